The lowest BCUT2D eigenvalue weighted by molar-refractivity contribution is -0.0679. The number of carbonyl (C=O) groups is 1. The molecule has 0 atom stereocenters. The highest BCUT2D eigenvalue weighted by Gasteiger charge is 2.37. The van der Waals surface area contributed by atoms with Gasteiger partial charge in [0.05, 0.1) is 18.0 Å². The molecule has 1 saturated carbocycles. The summed E-state index contributed by atoms with van der Waals surface area (Å²) in [6, 6.07) is 0. The first-order valence-corrected chi connectivity index (χ1v) is 5.81. The number of hydrogen-bond donors (Lipinski definition) is 3. The van der Waals surface area contributed by atoms with Crippen LogP contribution < -0.4 is 16.6 Å². The van der Waals surface area contributed by atoms with Gasteiger partial charge in [0.1, 0.15) is 5.69 Å². The van der Waals surface area contributed by atoms with Crippen molar-refractivity contribution in [2.75, 3.05) is 19.1 Å². The molecule has 0 unspecified atom stereocenters. The number of nitrogen functional groups attached to an aromatic ring is 1. The minimum atomic E-state index is -0.275. The predicted molar refractivity (Wildman–Crippen MR) is 65.8 cm³/mol. The van der Waals surface area contributed by atoms with Gasteiger partial charge in [-0.25, -0.2) is 10.8 Å². The number of anilines is 1. The highest BCUT2D eigenvalue weighted by molar-refractivity contribution is 5.92. The Balaban J connectivity index is 1.95. The molecule has 1 heterocycles. The number of ether oxygens (including phenoxy) is 1. The maximum absolute atomic E-state index is 11.9. The van der Waals surface area contributed by atoms with Crippen LogP contribution in [-0.4, -0.2) is 35.1 Å². The summed E-state index contributed by atoms with van der Waals surface area (Å²) in [6.45, 7) is 0.490. The van der Waals surface area contributed by atoms with Crippen molar-refractivity contribution >= 4 is 11.7 Å². The van der Waals surface area contributed by atoms with Crippen LogP contribution in [0.2, 0.25) is 0 Å². The number of amides is 1. The van der Waals surface area contributed by atoms with Gasteiger partial charge in [0, 0.05) is 13.7 Å². The van der Waals surface area contributed by atoms with Crippen molar-refractivity contribution in [3.63, 3.8) is 0 Å². The highest BCUT2D eigenvalue weighted by atomic mass is 16.5. The topological polar surface area (TPSA) is 102 Å². The molecule has 2 rings (SSSR count). The van der Waals surface area contributed by atoms with E-state index in [0.29, 0.717) is 12.4 Å². The van der Waals surface area contributed by atoms with Gasteiger partial charge in [-0.1, -0.05) is 0 Å². The van der Waals surface area contributed by atoms with Crippen molar-refractivity contribution in [2.45, 2.75) is 24.9 Å². The molecule has 7 heteroatoms. The van der Waals surface area contributed by atoms with E-state index in [2.05, 4.69) is 20.7 Å². The summed E-state index contributed by atoms with van der Waals surface area (Å²) in [5.74, 6) is 5.29. The number of carbonyl (C=O) groups excluding carboxylic acids is 1. The molecule has 1 aliphatic rings. The zero-order valence-electron chi connectivity index (χ0n) is 10.3. The lowest BCUT2D eigenvalue weighted by atomic mass is 9.80. The van der Waals surface area contributed by atoms with Crippen LogP contribution in [0.5, 0.6) is 0 Å². The van der Waals surface area contributed by atoms with E-state index in [4.69, 9.17) is 10.6 Å². The highest BCUT2D eigenvalue weighted by Crippen LogP contribution is 2.34. The monoisotopic (exact) mass is 251 g/mol. The molecule has 0 spiro atoms. The molecular formula is C11H17N5O2. The smallest absolute Gasteiger partial charge is 0.271 e. The summed E-state index contributed by atoms with van der Waals surface area (Å²) in [5.41, 5.74) is 2.38. The van der Waals surface area contributed by atoms with E-state index in [1.807, 2.05) is 0 Å². The molecular weight excluding hydrogens is 234 g/mol. The summed E-state index contributed by atoms with van der Waals surface area (Å²) < 4.78 is 5.42. The van der Waals surface area contributed by atoms with Gasteiger partial charge >= 0.3 is 0 Å². The first-order chi connectivity index (χ1) is 8.69. The Kier molecular flexibility index (Phi) is 3.73. The van der Waals surface area contributed by atoms with Crippen LogP contribution in [0.15, 0.2) is 12.4 Å². The molecule has 7 nitrogen and oxygen atoms in total. The Morgan fingerprint density at radius 3 is 2.89 bits per heavy atom. The minimum absolute atomic E-state index is 0.202. The quantitative estimate of drug-likeness (QED) is 0.505. The SMILES string of the molecule is COC1(CNC(=O)c2cncc(NN)n2)CCC1. The van der Waals surface area contributed by atoms with Crippen molar-refractivity contribution in [2.24, 2.45) is 5.84 Å². The zero-order valence-corrected chi connectivity index (χ0v) is 10.3. The molecule has 18 heavy (non-hydrogen) atoms. The minimum Gasteiger partial charge on any atom is -0.376 e. The van der Waals surface area contributed by atoms with Crippen LogP contribution in [0.1, 0.15) is 29.8 Å². The van der Waals surface area contributed by atoms with Gasteiger partial charge in [-0.05, 0) is 19.3 Å². The van der Waals surface area contributed by atoms with Gasteiger partial charge in [0.25, 0.3) is 5.91 Å². The van der Waals surface area contributed by atoms with Crippen LogP contribution in [0.4, 0.5) is 5.82 Å². The second-order valence-electron chi connectivity index (χ2n) is 4.36. The molecule has 0 aromatic carbocycles. The molecule has 1 amide bonds. The number of hydrazine groups is 1. The summed E-state index contributed by atoms with van der Waals surface area (Å²) in [4.78, 5) is 19.8. The number of nitrogens with two attached hydrogens (primary N) is 1. The lowest BCUT2D eigenvalue weighted by Crippen LogP contribution is -2.49. The summed E-state index contributed by atoms with van der Waals surface area (Å²) in [6.07, 6.45) is 5.92. The predicted octanol–water partition coefficient (Wildman–Crippen LogP) is 0.0611. The molecule has 1 aromatic rings. The summed E-state index contributed by atoms with van der Waals surface area (Å²) in [7, 11) is 1.67. The first-order valence-electron chi connectivity index (χ1n) is 5.81. The number of methoxy groups -OCH3 is 1. The van der Waals surface area contributed by atoms with Crippen LogP contribution in [0.25, 0.3) is 0 Å². The van der Waals surface area contributed by atoms with Crippen LogP contribution in [0, 0.1) is 0 Å². The number of nitrogens with zero attached hydrogens (tertiary/aromatic N) is 2. The number of aromatic nitrogens is 2. The van der Waals surface area contributed by atoms with Gasteiger partial charge in [-0.3, -0.25) is 9.78 Å². The lowest BCUT2D eigenvalue weighted by Gasteiger charge is -2.40. The van der Waals surface area contributed by atoms with Crippen molar-refractivity contribution in [3.05, 3.63) is 18.1 Å². The van der Waals surface area contributed by atoms with E-state index in [1.54, 1.807) is 7.11 Å². The van der Waals surface area contributed by atoms with Gasteiger partial charge in [-0.2, -0.15) is 0 Å². The summed E-state index contributed by atoms with van der Waals surface area (Å²) >= 11 is 0. The van der Waals surface area contributed by atoms with Crippen LogP contribution >= 0.6 is 0 Å². The Labute approximate surface area is 105 Å². The fourth-order valence-electron chi connectivity index (χ4n) is 1.90. The third-order valence-corrected chi connectivity index (χ3v) is 3.28. The summed E-state index contributed by atoms with van der Waals surface area (Å²) in [5, 5.41) is 2.81. The first kappa shape index (κ1) is 12.7. The fourth-order valence-corrected chi connectivity index (χ4v) is 1.90. The Morgan fingerprint density at radius 2 is 2.33 bits per heavy atom. The molecule has 1 aromatic heterocycles. The molecule has 1 fully saturated rings. The van der Waals surface area contributed by atoms with Crippen LogP contribution in [-0.2, 0) is 4.74 Å². The zero-order chi connectivity index (χ0) is 13.0. The van der Waals surface area contributed by atoms with E-state index >= 15 is 0 Å². The largest absolute Gasteiger partial charge is 0.376 e. The molecule has 1 aliphatic carbocycles. The third kappa shape index (κ3) is 2.57. The Hall–Kier alpha value is -1.73. The Morgan fingerprint density at radius 1 is 1.56 bits per heavy atom. The number of rotatable bonds is 5. The van der Waals surface area contributed by atoms with Gasteiger partial charge < -0.3 is 15.5 Å². The normalized spacial score (nSPS) is 16.8. The standard InChI is InChI=1S/C11H17N5O2/c1-18-11(3-2-4-11)7-14-10(17)8-5-13-6-9(15-8)16-12/h5-6H,2-4,7,12H2,1H3,(H,14,17)(H,15,16). The van der Waals surface area contributed by atoms with Crippen molar-refractivity contribution in [1.29, 1.82) is 0 Å². The maximum Gasteiger partial charge on any atom is 0.271 e. The molecule has 0 radical (unpaired) electrons. The molecule has 0 bridgehead atoms. The van der Waals surface area contributed by atoms with Gasteiger partial charge in [-0.15, -0.1) is 0 Å². The van der Waals surface area contributed by atoms with E-state index < -0.39 is 0 Å². The van der Waals surface area contributed by atoms with Gasteiger partial charge in [0.15, 0.2) is 5.82 Å². The van der Waals surface area contributed by atoms with E-state index in [1.165, 1.54) is 12.4 Å². The third-order valence-electron chi connectivity index (χ3n) is 3.28. The van der Waals surface area contributed by atoms with Crippen LogP contribution in [0.3, 0.4) is 0 Å². The van der Waals surface area contributed by atoms with Gasteiger partial charge in [0.2, 0.25) is 0 Å². The molecule has 0 saturated heterocycles. The number of nitrogens with one attached hydrogen (secondary N) is 2. The average Bonchev–Trinajstić information content (AvgIpc) is 2.38. The van der Waals surface area contributed by atoms with E-state index in [0.717, 1.165) is 19.3 Å². The fraction of sp³-hybridized carbons (Fsp3) is 0.545. The van der Waals surface area contributed by atoms with E-state index in [9.17, 15) is 4.79 Å². The van der Waals surface area contributed by atoms with E-state index in [-0.39, 0.29) is 17.2 Å². The number of hydrogen-bond acceptors (Lipinski definition) is 6. The Bertz CT molecular complexity index is 428. The van der Waals surface area contributed by atoms with Crippen molar-refractivity contribution in [1.82, 2.24) is 15.3 Å². The second-order valence-corrected chi connectivity index (χ2v) is 4.36. The molecule has 98 valence electrons. The second kappa shape index (κ2) is 5.28. The molecule has 4 N–H and O–H groups in total. The average molecular weight is 251 g/mol. The molecule has 0 aliphatic heterocycles. The van der Waals surface area contributed by atoms with Crippen molar-refractivity contribution < 1.29 is 9.53 Å². The maximum atomic E-state index is 11.9. The van der Waals surface area contributed by atoms with Crippen molar-refractivity contribution in [3.8, 4) is 0 Å².